The normalized spacial score (nSPS) is 19.9. The Labute approximate surface area is 119 Å². The third kappa shape index (κ3) is 2.65. The van der Waals surface area contributed by atoms with Crippen LogP contribution in [0.3, 0.4) is 0 Å². The molecule has 108 valence electrons. The molecular weight excluding hydrogens is 254 g/mol. The molecule has 4 nitrogen and oxygen atoms in total. The van der Waals surface area contributed by atoms with Gasteiger partial charge in [-0.25, -0.2) is 0 Å². The summed E-state index contributed by atoms with van der Waals surface area (Å²) in [5, 5.41) is 11.3. The van der Waals surface area contributed by atoms with Gasteiger partial charge in [0.25, 0.3) is 0 Å². The third-order valence-corrected chi connectivity index (χ3v) is 4.41. The predicted octanol–water partition coefficient (Wildman–Crippen LogP) is 4.49. The molecule has 0 N–H and O–H groups in total. The molecule has 0 amide bonds. The average Bonchev–Trinajstić information content (AvgIpc) is 3.24. The van der Waals surface area contributed by atoms with E-state index in [1.165, 1.54) is 19.3 Å². The Morgan fingerprint density at radius 1 is 1.15 bits per heavy atom. The maximum atomic E-state index is 11.3. The Morgan fingerprint density at radius 3 is 2.45 bits per heavy atom. The van der Waals surface area contributed by atoms with Crippen molar-refractivity contribution in [2.45, 2.75) is 63.9 Å². The highest BCUT2D eigenvalue weighted by Crippen LogP contribution is 2.49. The first kappa shape index (κ1) is 13.4. The summed E-state index contributed by atoms with van der Waals surface area (Å²) in [6.07, 6.45) is 8.05. The highest BCUT2D eigenvalue weighted by atomic mass is 16.6. The van der Waals surface area contributed by atoms with Gasteiger partial charge in [0.05, 0.1) is 11.0 Å². The number of nitro groups is 1. The molecule has 0 spiro atoms. The SMILES string of the molecule is Cc1ccc([N+](=O)[O-])c(OC2CCCCC2)c1C1CC1. The lowest BCUT2D eigenvalue weighted by molar-refractivity contribution is -0.386. The molecule has 2 aliphatic rings. The minimum absolute atomic E-state index is 0.142. The molecule has 4 heteroatoms. The summed E-state index contributed by atoms with van der Waals surface area (Å²) < 4.78 is 6.12. The largest absolute Gasteiger partial charge is 0.483 e. The standard InChI is InChI=1S/C16H21NO3/c1-11-7-10-14(17(18)19)16(15(11)12-8-9-12)20-13-5-3-2-4-6-13/h7,10,12-13H,2-6,8-9H2,1H3. The number of hydrogen-bond acceptors (Lipinski definition) is 3. The zero-order chi connectivity index (χ0) is 14.1. The van der Waals surface area contributed by atoms with E-state index in [-0.39, 0.29) is 16.7 Å². The van der Waals surface area contributed by atoms with E-state index in [2.05, 4.69) is 0 Å². The lowest BCUT2D eigenvalue weighted by atomic mass is 9.97. The van der Waals surface area contributed by atoms with Crippen LogP contribution in [0.1, 0.15) is 62.0 Å². The van der Waals surface area contributed by atoms with Gasteiger partial charge >= 0.3 is 5.69 Å². The first-order chi connectivity index (χ1) is 9.66. The molecule has 0 unspecified atom stereocenters. The summed E-state index contributed by atoms with van der Waals surface area (Å²) in [7, 11) is 0. The lowest BCUT2D eigenvalue weighted by Crippen LogP contribution is -2.21. The number of nitrogens with zero attached hydrogens (tertiary/aromatic N) is 1. The molecule has 2 saturated carbocycles. The van der Waals surface area contributed by atoms with Crippen LogP contribution >= 0.6 is 0 Å². The van der Waals surface area contributed by atoms with E-state index in [0.29, 0.717) is 11.7 Å². The van der Waals surface area contributed by atoms with Gasteiger partial charge in [0.15, 0.2) is 0 Å². The summed E-state index contributed by atoms with van der Waals surface area (Å²) in [6, 6.07) is 3.46. The minimum Gasteiger partial charge on any atom is -0.483 e. The van der Waals surface area contributed by atoms with E-state index in [1.54, 1.807) is 6.07 Å². The Kier molecular flexibility index (Phi) is 3.64. The van der Waals surface area contributed by atoms with Crippen LogP contribution in [0.25, 0.3) is 0 Å². The highest BCUT2D eigenvalue weighted by molar-refractivity contribution is 5.57. The third-order valence-electron chi connectivity index (χ3n) is 4.41. The zero-order valence-corrected chi connectivity index (χ0v) is 11.9. The molecule has 0 heterocycles. The molecule has 2 fully saturated rings. The fourth-order valence-corrected chi connectivity index (χ4v) is 3.18. The van der Waals surface area contributed by atoms with Crippen LogP contribution in [0.4, 0.5) is 5.69 Å². The van der Waals surface area contributed by atoms with Gasteiger partial charge in [-0.2, -0.15) is 0 Å². The van der Waals surface area contributed by atoms with Gasteiger partial charge in [-0.3, -0.25) is 10.1 Å². The highest BCUT2D eigenvalue weighted by Gasteiger charge is 2.34. The van der Waals surface area contributed by atoms with E-state index < -0.39 is 0 Å². The van der Waals surface area contributed by atoms with Crippen molar-refractivity contribution in [1.82, 2.24) is 0 Å². The molecule has 0 atom stereocenters. The number of aryl methyl sites for hydroxylation is 1. The predicted molar refractivity (Wildman–Crippen MR) is 77.3 cm³/mol. The van der Waals surface area contributed by atoms with Gasteiger partial charge in [-0.05, 0) is 56.9 Å². The number of ether oxygens (including phenoxy) is 1. The molecular formula is C16H21NO3. The van der Waals surface area contributed by atoms with E-state index in [0.717, 1.165) is 36.8 Å². The number of benzene rings is 1. The van der Waals surface area contributed by atoms with Crippen molar-refractivity contribution in [3.8, 4) is 5.75 Å². The van der Waals surface area contributed by atoms with Crippen LogP contribution in [0.15, 0.2) is 12.1 Å². The zero-order valence-electron chi connectivity index (χ0n) is 11.9. The fraction of sp³-hybridized carbons (Fsp3) is 0.625. The van der Waals surface area contributed by atoms with Gasteiger partial charge in [-0.1, -0.05) is 12.5 Å². The van der Waals surface area contributed by atoms with Crippen molar-refractivity contribution in [3.05, 3.63) is 33.4 Å². The molecule has 20 heavy (non-hydrogen) atoms. The molecule has 0 aromatic heterocycles. The van der Waals surface area contributed by atoms with E-state index in [9.17, 15) is 10.1 Å². The van der Waals surface area contributed by atoms with Gasteiger partial charge in [0.1, 0.15) is 0 Å². The monoisotopic (exact) mass is 275 g/mol. The number of hydrogen-bond donors (Lipinski definition) is 0. The second-order valence-corrected chi connectivity index (χ2v) is 6.05. The Bertz CT molecular complexity index is 517. The smallest absolute Gasteiger partial charge is 0.311 e. The lowest BCUT2D eigenvalue weighted by Gasteiger charge is -2.24. The van der Waals surface area contributed by atoms with Gasteiger partial charge in [0.2, 0.25) is 5.75 Å². The van der Waals surface area contributed by atoms with Gasteiger partial charge in [-0.15, -0.1) is 0 Å². The number of nitro benzene ring substituents is 1. The van der Waals surface area contributed by atoms with Crippen LogP contribution in [-0.2, 0) is 0 Å². The molecule has 3 rings (SSSR count). The van der Waals surface area contributed by atoms with Crippen molar-refractivity contribution in [2.75, 3.05) is 0 Å². The summed E-state index contributed by atoms with van der Waals surface area (Å²) in [5.41, 5.74) is 2.36. The molecule has 2 aliphatic carbocycles. The second kappa shape index (κ2) is 5.43. The molecule has 1 aromatic carbocycles. The maximum absolute atomic E-state index is 11.3. The second-order valence-electron chi connectivity index (χ2n) is 6.05. The summed E-state index contributed by atoms with van der Waals surface area (Å²) in [6.45, 7) is 2.03. The van der Waals surface area contributed by atoms with Crippen molar-refractivity contribution in [1.29, 1.82) is 0 Å². The quantitative estimate of drug-likeness (QED) is 0.600. The number of rotatable bonds is 4. The van der Waals surface area contributed by atoms with Crippen LogP contribution in [0, 0.1) is 17.0 Å². The van der Waals surface area contributed by atoms with Crippen molar-refractivity contribution in [3.63, 3.8) is 0 Å². The Hall–Kier alpha value is -1.58. The van der Waals surface area contributed by atoms with E-state index in [4.69, 9.17) is 4.74 Å². The van der Waals surface area contributed by atoms with Gasteiger partial charge < -0.3 is 4.74 Å². The van der Waals surface area contributed by atoms with Crippen LogP contribution < -0.4 is 4.74 Å². The fourth-order valence-electron chi connectivity index (χ4n) is 3.18. The first-order valence-electron chi connectivity index (χ1n) is 7.61. The molecule has 0 radical (unpaired) electrons. The maximum Gasteiger partial charge on any atom is 0.311 e. The van der Waals surface area contributed by atoms with Gasteiger partial charge in [0, 0.05) is 11.6 Å². The topological polar surface area (TPSA) is 52.4 Å². The molecule has 0 aliphatic heterocycles. The molecule has 1 aromatic rings. The average molecular weight is 275 g/mol. The summed E-state index contributed by atoms with van der Waals surface area (Å²) in [5.74, 6) is 1.03. The summed E-state index contributed by atoms with van der Waals surface area (Å²) in [4.78, 5) is 11.0. The van der Waals surface area contributed by atoms with E-state index in [1.807, 2.05) is 13.0 Å². The van der Waals surface area contributed by atoms with Crippen molar-refractivity contribution in [2.24, 2.45) is 0 Å². The molecule has 0 saturated heterocycles. The van der Waals surface area contributed by atoms with Crippen molar-refractivity contribution < 1.29 is 9.66 Å². The van der Waals surface area contributed by atoms with E-state index >= 15 is 0 Å². The summed E-state index contributed by atoms with van der Waals surface area (Å²) >= 11 is 0. The first-order valence-corrected chi connectivity index (χ1v) is 7.61. The van der Waals surface area contributed by atoms with Crippen molar-refractivity contribution >= 4 is 5.69 Å². The van der Waals surface area contributed by atoms with Crippen LogP contribution in [0.5, 0.6) is 5.75 Å². The minimum atomic E-state index is -0.302. The molecule has 0 bridgehead atoms. The van der Waals surface area contributed by atoms with Crippen LogP contribution in [0.2, 0.25) is 0 Å². The Morgan fingerprint density at radius 2 is 1.85 bits per heavy atom. The Balaban J connectivity index is 1.96. The van der Waals surface area contributed by atoms with Crippen LogP contribution in [-0.4, -0.2) is 11.0 Å².